The van der Waals surface area contributed by atoms with Crippen molar-refractivity contribution in [3.63, 3.8) is 0 Å². The van der Waals surface area contributed by atoms with E-state index in [4.69, 9.17) is 11.6 Å². The molecule has 34 heavy (non-hydrogen) atoms. The summed E-state index contributed by atoms with van der Waals surface area (Å²) in [5.41, 5.74) is 3.96. The number of halogens is 1. The Hall–Kier alpha value is -3.11. The third-order valence-corrected chi connectivity index (χ3v) is 5.91. The van der Waals surface area contributed by atoms with Gasteiger partial charge < -0.3 is 10.2 Å². The molecule has 1 atom stereocenters. The minimum absolute atomic E-state index is 0.0931. The number of aryl methyl sites for hydroxylation is 1. The van der Waals surface area contributed by atoms with Crippen LogP contribution in [0.2, 0.25) is 5.02 Å². The van der Waals surface area contributed by atoms with E-state index in [0.717, 1.165) is 22.3 Å². The fraction of sp³-hybridized carbons (Fsp3) is 0.310. The van der Waals surface area contributed by atoms with E-state index in [1.54, 1.807) is 11.0 Å². The lowest BCUT2D eigenvalue weighted by Gasteiger charge is -2.32. The molecular weight excluding hydrogens is 444 g/mol. The second-order valence-corrected chi connectivity index (χ2v) is 9.59. The van der Waals surface area contributed by atoms with Gasteiger partial charge >= 0.3 is 0 Å². The number of benzene rings is 3. The monoisotopic (exact) mass is 476 g/mol. The van der Waals surface area contributed by atoms with Crippen molar-refractivity contribution in [3.05, 3.63) is 106 Å². The molecule has 3 aromatic carbocycles. The molecule has 0 aliphatic heterocycles. The first-order chi connectivity index (χ1) is 16.3. The number of rotatable bonds is 10. The third-order valence-electron chi connectivity index (χ3n) is 5.67. The molecule has 3 aromatic rings. The van der Waals surface area contributed by atoms with Crippen LogP contribution in [0.25, 0.3) is 0 Å². The Morgan fingerprint density at radius 1 is 0.882 bits per heavy atom. The first kappa shape index (κ1) is 25.5. The quantitative estimate of drug-likeness (QED) is 0.414. The van der Waals surface area contributed by atoms with E-state index in [-0.39, 0.29) is 18.2 Å². The summed E-state index contributed by atoms with van der Waals surface area (Å²) in [6.07, 6.45) is 0.661. The predicted molar refractivity (Wildman–Crippen MR) is 139 cm³/mol. The summed E-state index contributed by atoms with van der Waals surface area (Å²) >= 11 is 6.23. The van der Waals surface area contributed by atoms with E-state index in [1.165, 1.54) is 0 Å². The second kappa shape index (κ2) is 12.4. The molecule has 178 valence electrons. The van der Waals surface area contributed by atoms with Crippen molar-refractivity contribution >= 4 is 23.4 Å². The number of hydrogen-bond donors (Lipinski definition) is 1. The lowest BCUT2D eigenvalue weighted by Crippen LogP contribution is -2.51. The first-order valence-electron chi connectivity index (χ1n) is 11.7. The minimum Gasteiger partial charge on any atom is -0.354 e. The van der Waals surface area contributed by atoms with Crippen molar-refractivity contribution in [2.75, 3.05) is 6.54 Å². The van der Waals surface area contributed by atoms with Crippen LogP contribution in [-0.4, -0.2) is 29.3 Å². The van der Waals surface area contributed by atoms with E-state index in [9.17, 15) is 9.59 Å². The van der Waals surface area contributed by atoms with Gasteiger partial charge in [0.25, 0.3) is 0 Å². The van der Waals surface area contributed by atoms with Crippen LogP contribution in [0.1, 0.15) is 36.1 Å². The van der Waals surface area contributed by atoms with E-state index >= 15 is 0 Å². The summed E-state index contributed by atoms with van der Waals surface area (Å²) in [6, 6.07) is 24.6. The number of carbonyl (C=O) groups is 2. The van der Waals surface area contributed by atoms with Gasteiger partial charge in [0.2, 0.25) is 11.8 Å². The summed E-state index contributed by atoms with van der Waals surface area (Å²) in [6.45, 7) is 6.99. The average molecular weight is 477 g/mol. The number of amides is 2. The Balaban J connectivity index is 1.94. The molecule has 0 saturated carbocycles. The summed E-state index contributed by atoms with van der Waals surface area (Å²) < 4.78 is 0. The van der Waals surface area contributed by atoms with Crippen molar-refractivity contribution < 1.29 is 9.59 Å². The standard InChI is InChI=1S/C29H33ClN2O2/c1-21(2)19-31-29(34)27(17-23-8-5-4-6-9-23)32(20-25-10-7-11-26(30)16-25)28(33)18-24-14-12-22(3)13-15-24/h4-16,21,27H,17-20H2,1-3H3,(H,31,34)/t27-/m0/s1. The van der Waals surface area contributed by atoms with Gasteiger partial charge in [-0.3, -0.25) is 9.59 Å². The van der Waals surface area contributed by atoms with Gasteiger partial charge in [-0.1, -0.05) is 97.7 Å². The Kier molecular flexibility index (Phi) is 9.29. The zero-order valence-electron chi connectivity index (χ0n) is 20.1. The molecule has 0 saturated heterocycles. The normalized spacial score (nSPS) is 11.8. The third kappa shape index (κ3) is 7.74. The van der Waals surface area contributed by atoms with Crippen molar-refractivity contribution in [1.29, 1.82) is 0 Å². The smallest absolute Gasteiger partial charge is 0.243 e. The van der Waals surface area contributed by atoms with Gasteiger partial charge in [-0.15, -0.1) is 0 Å². The zero-order valence-corrected chi connectivity index (χ0v) is 20.9. The van der Waals surface area contributed by atoms with Crippen LogP contribution >= 0.6 is 11.6 Å². The molecule has 0 unspecified atom stereocenters. The molecule has 0 bridgehead atoms. The molecule has 5 heteroatoms. The van der Waals surface area contributed by atoms with Crippen LogP contribution in [0.3, 0.4) is 0 Å². The summed E-state index contributed by atoms with van der Waals surface area (Å²) in [5, 5.41) is 3.65. The van der Waals surface area contributed by atoms with Gasteiger partial charge in [0.1, 0.15) is 6.04 Å². The average Bonchev–Trinajstić information content (AvgIpc) is 2.82. The number of carbonyl (C=O) groups excluding carboxylic acids is 2. The van der Waals surface area contributed by atoms with Crippen molar-refractivity contribution in [2.24, 2.45) is 5.92 Å². The number of hydrogen-bond acceptors (Lipinski definition) is 2. The number of nitrogens with zero attached hydrogens (tertiary/aromatic N) is 1. The van der Waals surface area contributed by atoms with Crippen LogP contribution in [0.15, 0.2) is 78.9 Å². The highest BCUT2D eigenvalue weighted by Crippen LogP contribution is 2.19. The van der Waals surface area contributed by atoms with Gasteiger partial charge in [-0.25, -0.2) is 0 Å². The zero-order chi connectivity index (χ0) is 24.5. The maximum absolute atomic E-state index is 13.7. The van der Waals surface area contributed by atoms with Crippen molar-refractivity contribution in [2.45, 2.75) is 46.2 Å². The molecule has 0 heterocycles. The van der Waals surface area contributed by atoms with Crippen LogP contribution in [-0.2, 0) is 29.0 Å². The highest BCUT2D eigenvalue weighted by atomic mass is 35.5. The lowest BCUT2D eigenvalue weighted by atomic mass is 10.0. The summed E-state index contributed by atoms with van der Waals surface area (Å²) in [5.74, 6) is 0.0762. The minimum atomic E-state index is -0.641. The molecule has 0 aliphatic carbocycles. The lowest BCUT2D eigenvalue weighted by molar-refractivity contribution is -0.140. The van der Waals surface area contributed by atoms with Gasteiger partial charge in [0.05, 0.1) is 6.42 Å². The maximum Gasteiger partial charge on any atom is 0.243 e. The Morgan fingerprint density at radius 3 is 2.21 bits per heavy atom. The van der Waals surface area contributed by atoms with Crippen molar-refractivity contribution in [3.8, 4) is 0 Å². The van der Waals surface area contributed by atoms with Crippen LogP contribution in [0.4, 0.5) is 0 Å². The highest BCUT2D eigenvalue weighted by molar-refractivity contribution is 6.30. The van der Waals surface area contributed by atoms with Crippen LogP contribution in [0.5, 0.6) is 0 Å². The molecule has 0 aliphatic rings. The van der Waals surface area contributed by atoms with Crippen LogP contribution in [0, 0.1) is 12.8 Å². The van der Waals surface area contributed by atoms with E-state index in [2.05, 4.69) is 19.2 Å². The van der Waals surface area contributed by atoms with Gasteiger partial charge in [0.15, 0.2) is 0 Å². The molecule has 2 amide bonds. The molecule has 4 nitrogen and oxygen atoms in total. The maximum atomic E-state index is 13.7. The SMILES string of the molecule is Cc1ccc(CC(=O)N(Cc2cccc(Cl)c2)[C@@H](Cc2ccccc2)C(=O)NCC(C)C)cc1. The fourth-order valence-corrected chi connectivity index (χ4v) is 4.00. The molecule has 0 aromatic heterocycles. The van der Waals surface area contributed by atoms with Gasteiger partial charge in [0, 0.05) is 24.5 Å². The Bertz CT molecular complexity index is 1080. The second-order valence-electron chi connectivity index (χ2n) is 9.16. The van der Waals surface area contributed by atoms with Gasteiger partial charge in [-0.2, -0.15) is 0 Å². The molecular formula is C29H33ClN2O2. The van der Waals surface area contributed by atoms with E-state index < -0.39 is 6.04 Å². The largest absolute Gasteiger partial charge is 0.354 e. The predicted octanol–water partition coefficient (Wildman–Crippen LogP) is 5.60. The molecule has 0 spiro atoms. The first-order valence-corrected chi connectivity index (χ1v) is 12.1. The van der Waals surface area contributed by atoms with Crippen molar-refractivity contribution in [1.82, 2.24) is 10.2 Å². The molecule has 3 rings (SSSR count). The highest BCUT2D eigenvalue weighted by Gasteiger charge is 2.30. The van der Waals surface area contributed by atoms with E-state index in [0.29, 0.717) is 30.5 Å². The molecule has 0 radical (unpaired) electrons. The van der Waals surface area contributed by atoms with E-state index in [1.807, 2.05) is 79.7 Å². The molecule has 0 fully saturated rings. The number of nitrogens with one attached hydrogen (secondary N) is 1. The summed E-state index contributed by atoms with van der Waals surface area (Å²) in [7, 11) is 0. The fourth-order valence-electron chi connectivity index (χ4n) is 3.79. The van der Waals surface area contributed by atoms with Gasteiger partial charge in [-0.05, 0) is 41.7 Å². The topological polar surface area (TPSA) is 49.4 Å². The molecule has 1 N–H and O–H groups in total. The van der Waals surface area contributed by atoms with Crippen LogP contribution < -0.4 is 5.32 Å². The Labute approximate surface area is 207 Å². The Morgan fingerprint density at radius 2 is 1.56 bits per heavy atom. The summed E-state index contributed by atoms with van der Waals surface area (Å²) in [4.78, 5) is 28.8.